The van der Waals surface area contributed by atoms with Crippen molar-refractivity contribution in [2.24, 2.45) is 0 Å². The van der Waals surface area contributed by atoms with Gasteiger partial charge in [-0.3, -0.25) is 0 Å². The van der Waals surface area contributed by atoms with Crippen molar-refractivity contribution in [3.63, 3.8) is 0 Å². The maximum Gasteiger partial charge on any atom is 0.335 e. The van der Waals surface area contributed by atoms with Crippen LogP contribution in [-0.4, -0.2) is 11.1 Å². The van der Waals surface area contributed by atoms with Crippen LogP contribution >= 0.6 is 0 Å². The molecule has 0 bridgehead atoms. The fourth-order valence-corrected chi connectivity index (χ4v) is 1.07. The molecular formula is C11H10O2. The smallest absolute Gasteiger partial charge is 0.335 e. The van der Waals surface area contributed by atoms with Gasteiger partial charge in [0.25, 0.3) is 0 Å². The van der Waals surface area contributed by atoms with Gasteiger partial charge in [-0.15, -0.1) is 0 Å². The number of carboxylic acids is 1. The molecule has 2 nitrogen and oxygen atoms in total. The van der Waals surface area contributed by atoms with Crippen LogP contribution in [0.4, 0.5) is 0 Å². The second-order valence-electron chi connectivity index (χ2n) is 2.58. The van der Waals surface area contributed by atoms with Gasteiger partial charge >= 0.3 is 5.97 Å². The molecule has 13 heavy (non-hydrogen) atoms. The van der Waals surface area contributed by atoms with Crippen LogP contribution in [0.5, 0.6) is 0 Å². The number of hydrogen-bond donors (Lipinski definition) is 1. The summed E-state index contributed by atoms with van der Waals surface area (Å²) in [6.07, 6.45) is 1.61. The normalized spacial score (nSPS) is 9.23. The Morgan fingerprint density at radius 3 is 2.54 bits per heavy atom. The molecule has 0 atom stereocenters. The largest absolute Gasteiger partial charge is 0.478 e. The van der Waals surface area contributed by atoms with Gasteiger partial charge in [0, 0.05) is 0 Å². The number of carboxylic acid groups (broad SMARTS) is 1. The summed E-state index contributed by atoms with van der Waals surface area (Å²) in [6.45, 7) is 7.09. The molecule has 0 radical (unpaired) electrons. The summed E-state index contributed by atoms with van der Waals surface area (Å²) in [5.74, 6) is -1.01. The van der Waals surface area contributed by atoms with E-state index in [0.717, 1.165) is 5.56 Å². The Morgan fingerprint density at radius 2 is 2.00 bits per heavy atom. The van der Waals surface area contributed by atoms with Crippen molar-refractivity contribution in [3.05, 3.63) is 48.6 Å². The summed E-state index contributed by atoms with van der Waals surface area (Å²) in [5.41, 5.74) is 1.50. The number of hydrogen-bond acceptors (Lipinski definition) is 1. The molecule has 0 unspecified atom stereocenters. The molecule has 0 aliphatic carbocycles. The van der Waals surface area contributed by atoms with E-state index in [-0.39, 0.29) is 5.57 Å². The Kier molecular flexibility index (Phi) is 2.65. The van der Waals surface area contributed by atoms with Gasteiger partial charge in [-0.05, 0) is 11.1 Å². The van der Waals surface area contributed by atoms with Crippen LogP contribution in [0.1, 0.15) is 11.1 Å². The Hall–Kier alpha value is -1.83. The molecular weight excluding hydrogens is 164 g/mol. The Labute approximate surface area is 76.8 Å². The van der Waals surface area contributed by atoms with Gasteiger partial charge in [0.2, 0.25) is 0 Å². The fraction of sp³-hybridized carbons (Fsp3) is 0. The molecule has 1 aromatic rings. The summed E-state index contributed by atoms with van der Waals surface area (Å²) in [4.78, 5) is 10.6. The fourth-order valence-electron chi connectivity index (χ4n) is 1.07. The van der Waals surface area contributed by atoms with Crippen LogP contribution in [-0.2, 0) is 4.79 Å². The number of carbonyl (C=O) groups is 1. The van der Waals surface area contributed by atoms with Crippen LogP contribution < -0.4 is 0 Å². The maximum atomic E-state index is 10.6. The van der Waals surface area contributed by atoms with E-state index < -0.39 is 5.97 Å². The van der Waals surface area contributed by atoms with Crippen molar-refractivity contribution >= 4 is 17.6 Å². The minimum absolute atomic E-state index is 0.0931. The van der Waals surface area contributed by atoms with Gasteiger partial charge in [-0.2, -0.15) is 0 Å². The van der Waals surface area contributed by atoms with Crippen molar-refractivity contribution in [2.75, 3.05) is 0 Å². The predicted octanol–water partition coefficient (Wildman–Crippen LogP) is 2.43. The topological polar surface area (TPSA) is 37.3 Å². The molecule has 0 heterocycles. The van der Waals surface area contributed by atoms with Crippen LogP contribution in [0.2, 0.25) is 0 Å². The SMILES string of the molecule is C=Cc1ccccc1C(=C)C(=O)O. The first-order valence-corrected chi connectivity index (χ1v) is 3.81. The van der Waals surface area contributed by atoms with Crippen molar-refractivity contribution in [1.29, 1.82) is 0 Å². The number of benzene rings is 1. The van der Waals surface area contributed by atoms with Crippen molar-refractivity contribution in [2.45, 2.75) is 0 Å². The van der Waals surface area contributed by atoms with Crippen LogP contribution in [0, 0.1) is 0 Å². The monoisotopic (exact) mass is 174 g/mol. The van der Waals surface area contributed by atoms with Crippen LogP contribution in [0.15, 0.2) is 37.4 Å². The minimum Gasteiger partial charge on any atom is -0.478 e. The molecule has 1 aromatic carbocycles. The Balaban J connectivity index is 3.20. The first-order valence-electron chi connectivity index (χ1n) is 3.81. The lowest BCUT2D eigenvalue weighted by molar-refractivity contribution is -0.130. The third-order valence-corrected chi connectivity index (χ3v) is 1.76. The molecule has 1 rings (SSSR count). The molecule has 1 N–H and O–H groups in total. The van der Waals surface area contributed by atoms with E-state index in [9.17, 15) is 4.79 Å². The van der Waals surface area contributed by atoms with Crippen molar-refractivity contribution in [1.82, 2.24) is 0 Å². The number of rotatable bonds is 3. The van der Waals surface area contributed by atoms with E-state index in [1.807, 2.05) is 6.07 Å². The molecule has 0 aromatic heterocycles. The molecule has 2 heteroatoms. The van der Waals surface area contributed by atoms with Gasteiger partial charge in [0.05, 0.1) is 5.57 Å². The van der Waals surface area contributed by atoms with E-state index >= 15 is 0 Å². The number of aliphatic carboxylic acids is 1. The van der Waals surface area contributed by atoms with E-state index in [1.54, 1.807) is 24.3 Å². The van der Waals surface area contributed by atoms with E-state index in [0.29, 0.717) is 5.56 Å². The highest BCUT2D eigenvalue weighted by molar-refractivity contribution is 6.15. The lowest BCUT2D eigenvalue weighted by atomic mass is 10.0. The Bertz CT molecular complexity index is 364. The third kappa shape index (κ3) is 1.85. The van der Waals surface area contributed by atoms with Crippen LogP contribution in [0.3, 0.4) is 0 Å². The highest BCUT2D eigenvalue weighted by Gasteiger charge is 2.08. The maximum absolute atomic E-state index is 10.6. The van der Waals surface area contributed by atoms with Gasteiger partial charge in [-0.25, -0.2) is 4.79 Å². The second kappa shape index (κ2) is 3.72. The molecule has 66 valence electrons. The standard InChI is InChI=1S/C11H10O2/c1-3-9-6-4-5-7-10(9)8(2)11(12)13/h3-7H,1-2H2,(H,12,13). The summed E-state index contributed by atoms with van der Waals surface area (Å²) in [5, 5.41) is 8.72. The molecule has 0 fully saturated rings. The highest BCUT2D eigenvalue weighted by atomic mass is 16.4. The summed E-state index contributed by atoms with van der Waals surface area (Å²) >= 11 is 0. The van der Waals surface area contributed by atoms with Gasteiger partial charge < -0.3 is 5.11 Å². The van der Waals surface area contributed by atoms with Gasteiger partial charge in [0.15, 0.2) is 0 Å². The zero-order valence-corrected chi connectivity index (χ0v) is 7.16. The van der Waals surface area contributed by atoms with Crippen LogP contribution in [0.25, 0.3) is 11.6 Å². The molecule has 0 aliphatic heterocycles. The summed E-state index contributed by atoms with van der Waals surface area (Å²) < 4.78 is 0. The molecule has 0 amide bonds. The zero-order chi connectivity index (χ0) is 9.84. The zero-order valence-electron chi connectivity index (χ0n) is 7.16. The molecule has 0 saturated heterocycles. The Morgan fingerprint density at radius 1 is 1.38 bits per heavy atom. The minimum atomic E-state index is -1.01. The lowest BCUT2D eigenvalue weighted by Crippen LogP contribution is -1.99. The third-order valence-electron chi connectivity index (χ3n) is 1.76. The van der Waals surface area contributed by atoms with E-state index in [2.05, 4.69) is 13.2 Å². The predicted molar refractivity (Wildman–Crippen MR) is 53.2 cm³/mol. The first-order chi connectivity index (χ1) is 6.16. The average Bonchev–Trinajstić information content (AvgIpc) is 2.16. The van der Waals surface area contributed by atoms with Gasteiger partial charge in [-0.1, -0.05) is 43.5 Å². The molecule has 0 saturated carbocycles. The first kappa shape index (κ1) is 9.26. The van der Waals surface area contributed by atoms with Gasteiger partial charge in [0.1, 0.15) is 0 Å². The summed E-state index contributed by atoms with van der Waals surface area (Å²) in [7, 11) is 0. The highest BCUT2D eigenvalue weighted by Crippen LogP contribution is 2.18. The average molecular weight is 174 g/mol. The molecule has 0 spiro atoms. The van der Waals surface area contributed by atoms with E-state index in [4.69, 9.17) is 5.11 Å². The summed E-state index contributed by atoms with van der Waals surface area (Å²) in [6, 6.07) is 7.12. The van der Waals surface area contributed by atoms with E-state index in [1.165, 1.54) is 0 Å². The lowest BCUT2D eigenvalue weighted by Gasteiger charge is -2.04. The molecule has 0 aliphatic rings. The quantitative estimate of drug-likeness (QED) is 0.714. The second-order valence-corrected chi connectivity index (χ2v) is 2.58. The van der Waals surface area contributed by atoms with Crippen molar-refractivity contribution < 1.29 is 9.90 Å². The van der Waals surface area contributed by atoms with Crippen molar-refractivity contribution in [3.8, 4) is 0 Å².